The Kier molecular flexibility index (Phi) is 5.95. The Balaban J connectivity index is 1.66. The minimum atomic E-state index is 0.0678. The highest BCUT2D eigenvalue weighted by Gasteiger charge is 2.03. The molecule has 5 heteroatoms. The van der Waals surface area contributed by atoms with E-state index in [0.29, 0.717) is 12.3 Å². The molecule has 0 aliphatic rings. The van der Waals surface area contributed by atoms with E-state index in [1.165, 1.54) is 10.4 Å². The van der Waals surface area contributed by atoms with Crippen molar-refractivity contribution >= 4 is 40.6 Å². The van der Waals surface area contributed by atoms with E-state index in [-0.39, 0.29) is 5.91 Å². The van der Waals surface area contributed by atoms with Crippen LogP contribution in [0.4, 0.5) is 0 Å². The van der Waals surface area contributed by atoms with Crippen molar-refractivity contribution in [3.8, 4) is 0 Å². The lowest BCUT2D eigenvalue weighted by molar-refractivity contribution is -0.118. The monoisotopic (exact) mass is 325 g/mol. The summed E-state index contributed by atoms with van der Waals surface area (Å²) < 4.78 is 0.796. The lowest BCUT2D eigenvalue weighted by Gasteiger charge is -2.05. The second kappa shape index (κ2) is 7.72. The normalized spacial score (nSPS) is 10.5. The van der Waals surface area contributed by atoms with Crippen molar-refractivity contribution in [1.82, 2.24) is 5.32 Å². The summed E-state index contributed by atoms with van der Waals surface area (Å²) in [6.45, 7) is 2.64. The van der Waals surface area contributed by atoms with Crippen molar-refractivity contribution < 1.29 is 4.79 Å². The van der Waals surface area contributed by atoms with Crippen LogP contribution < -0.4 is 5.32 Å². The third-order valence-electron chi connectivity index (χ3n) is 2.72. The summed E-state index contributed by atoms with van der Waals surface area (Å²) in [7, 11) is 0. The Hall–Kier alpha value is -0.970. The summed E-state index contributed by atoms with van der Waals surface area (Å²) in [4.78, 5) is 12.9. The van der Waals surface area contributed by atoms with E-state index in [1.54, 1.807) is 23.1 Å². The number of carbonyl (C=O) groups excluding carboxylic acids is 1. The first-order valence-corrected chi connectivity index (χ1v) is 8.62. The third kappa shape index (κ3) is 5.19. The van der Waals surface area contributed by atoms with E-state index in [1.807, 2.05) is 24.3 Å². The average Bonchev–Trinajstić information content (AvgIpc) is 2.84. The molecule has 1 aromatic heterocycles. The topological polar surface area (TPSA) is 29.1 Å². The molecule has 0 aliphatic carbocycles. The Labute approximate surface area is 132 Å². The van der Waals surface area contributed by atoms with Crippen molar-refractivity contribution in [2.24, 2.45) is 0 Å². The zero-order chi connectivity index (χ0) is 14.4. The third-order valence-corrected chi connectivity index (χ3v) is 5.11. The molecule has 1 amide bonds. The molecule has 0 radical (unpaired) electrons. The summed E-state index contributed by atoms with van der Waals surface area (Å²) in [5, 5.41) is 2.93. The van der Waals surface area contributed by atoms with Gasteiger partial charge in [-0.05, 0) is 24.6 Å². The Morgan fingerprint density at radius 2 is 2.00 bits per heavy atom. The lowest BCUT2D eigenvalue weighted by atomic mass is 10.1. The van der Waals surface area contributed by atoms with Crippen molar-refractivity contribution in [3.05, 3.63) is 56.7 Å². The molecule has 0 saturated heterocycles. The molecule has 1 aromatic carbocycles. The second-order valence-corrected chi connectivity index (χ2v) is 7.25. The van der Waals surface area contributed by atoms with Gasteiger partial charge in [-0.2, -0.15) is 0 Å². The molecule has 2 nitrogen and oxygen atoms in total. The summed E-state index contributed by atoms with van der Waals surface area (Å²) in [6.07, 6.45) is 0. The van der Waals surface area contributed by atoms with Gasteiger partial charge in [0.2, 0.25) is 5.91 Å². The van der Waals surface area contributed by atoms with Crippen LogP contribution in [-0.4, -0.2) is 11.7 Å². The summed E-state index contributed by atoms with van der Waals surface area (Å²) in [6, 6.07) is 12.1. The van der Waals surface area contributed by atoms with Gasteiger partial charge < -0.3 is 5.32 Å². The van der Waals surface area contributed by atoms with Crippen molar-refractivity contribution in [1.29, 1.82) is 0 Å². The number of rotatable bonds is 6. The van der Waals surface area contributed by atoms with E-state index in [2.05, 4.69) is 24.4 Å². The molecule has 1 N–H and O–H groups in total. The number of benzene rings is 1. The molecule has 1 heterocycles. The molecular formula is C15H16ClNOS2. The average molecular weight is 326 g/mol. The SMILES string of the molecule is Cc1ccc(CNC(=O)CSCc2ccc(Cl)s2)cc1. The number of halogens is 1. The van der Waals surface area contributed by atoms with Crippen LogP contribution in [0, 0.1) is 6.92 Å². The van der Waals surface area contributed by atoms with Crippen LogP contribution in [0.5, 0.6) is 0 Å². The van der Waals surface area contributed by atoms with Crippen LogP contribution in [0.15, 0.2) is 36.4 Å². The molecule has 20 heavy (non-hydrogen) atoms. The fourth-order valence-electron chi connectivity index (χ4n) is 1.63. The van der Waals surface area contributed by atoms with Crippen LogP contribution in [0.1, 0.15) is 16.0 Å². The fraction of sp³-hybridized carbons (Fsp3) is 0.267. The number of carbonyl (C=O) groups is 1. The highest BCUT2D eigenvalue weighted by molar-refractivity contribution is 7.99. The van der Waals surface area contributed by atoms with E-state index < -0.39 is 0 Å². The Morgan fingerprint density at radius 1 is 1.25 bits per heavy atom. The molecule has 0 aliphatic heterocycles. The molecule has 106 valence electrons. The smallest absolute Gasteiger partial charge is 0.230 e. The van der Waals surface area contributed by atoms with Gasteiger partial charge in [0, 0.05) is 17.2 Å². The van der Waals surface area contributed by atoms with E-state index in [9.17, 15) is 4.79 Å². The van der Waals surface area contributed by atoms with Gasteiger partial charge in [0.15, 0.2) is 0 Å². The number of thioether (sulfide) groups is 1. The zero-order valence-corrected chi connectivity index (χ0v) is 13.6. The number of hydrogen-bond donors (Lipinski definition) is 1. The Bertz CT molecular complexity index is 566. The number of thiophene rings is 1. The highest BCUT2D eigenvalue weighted by atomic mass is 35.5. The minimum absolute atomic E-state index is 0.0678. The maximum atomic E-state index is 11.7. The van der Waals surface area contributed by atoms with Crippen LogP contribution in [0.25, 0.3) is 0 Å². The van der Waals surface area contributed by atoms with Gasteiger partial charge in [-0.3, -0.25) is 4.79 Å². The fourth-order valence-corrected chi connectivity index (χ4v) is 3.69. The zero-order valence-electron chi connectivity index (χ0n) is 11.2. The predicted molar refractivity (Wildman–Crippen MR) is 88.5 cm³/mol. The van der Waals surface area contributed by atoms with Crippen LogP contribution >= 0.6 is 34.7 Å². The Morgan fingerprint density at radius 3 is 2.65 bits per heavy atom. The largest absolute Gasteiger partial charge is 0.351 e. The van der Waals surface area contributed by atoms with Crippen molar-refractivity contribution in [2.45, 2.75) is 19.2 Å². The molecular weight excluding hydrogens is 310 g/mol. The summed E-state index contributed by atoms with van der Waals surface area (Å²) >= 11 is 9.03. The van der Waals surface area contributed by atoms with Gasteiger partial charge in [-0.25, -0.2) is 0 Å². The van der Waals surface area contributed by atoms with Gasteiger partial charge in [0.05, 0.1) is 10.1 Å². The molecule has 0 unspecified atom stereocenters. The minimum Gasteiger partial charge on any atom is -0.351 e. The van der Waals surface area contributed by atoms with Crippen molar-refractivity contribution in [2.75, 3.05) is 5.75 Å². The van der Waals surface area contributed by atoms with Gasteiger partial charge in [0.25, 0.3) is 0 Å². The van der Waals surface area contributed by atoms with Gasteiger partial charge in [-0.15, -0.1) is 23.1 Å². The maximum absolute atomic E-state index is 11.7. The lowest BCUT2D eigenvalue weighted by Crippen LogP contribution is -2.24. The van der Waals surface area contributed by atoms with Gasteiger partial charge in [-0.1, -0.05) is 41.4 Å². The number of hydrogen-bond acceptors (Lipinski definition) is 3. The van der Waals surface area contributed by atoms with Crippen LogP contribution in [0.3, 0.4) is 0 Å². The maximum Gasteiger partial charge on any atom is 0.230 e. The molecule has 2 aromatic rings. The van der Waals surface area contributed by atoms with Crippen molar-refractivity contribution in [3.63, 3.8) is 0 Å². The standard InChI is InChI=1S/C15H16ClNOS2/c1-11-2-4-12(5-3-11)8-17-15(18)10-19-9-13-6-7-14(16)20-13/h2-7H,8-10H2,1H3,(H,17,18). The first-order chi connectivity index (χ1) is 9.63. The number of nitrogens with one attached hydrogen (secondary N) is 1. The first kappa shape index (κ1) is 15.4. The van der Waals surface area contributed by atoms with Gasteiger partial charge >= 0.3 is 0 Å². The van der Waals surface area contributed by atoms with E-state index in [0.717, 1.165) is 15.7 Å². The van der Waals surface area contributed by atoms with Gasteiger partial charge in [0.1, 0.15) is 0 Å². The molecule has 0 spiro atoms. The molecule has 0 atom stereocenters. The molecule has 0 saturated carbocycles. The van der Waals surface area contributed by atoms with Crippen LogP contribution in [-0.2, 0) is 17.1 Å². The predicted octanol–water partition coefficient (Wildman–Crippen LogP) is 4.26. The molecule has 0 fully saturated rings. The van der Waals surface area contributed by atoms with E-state index in [4.69, 9.17) is 11.6 Å². The second-order valence-electron chi connectivity index (χ2n) is 4.46. The number of aryl methyl sites for hydroxylation is 1. The quantitative estimate of drug-likeness (QED) is 0.859. The molecule has 0 bridgehead atoms. The number of amides is 1. The highest BCUT2D eigenvalue weighted by Crippen LogP contribution is 2.24. The summed E-state index contributed by atoms with van der Waals surface area (Å²) in [5.74, 6) is 1.37. The van der Waals surface area contributed by atoms with Crippen LogP contribution in [0.2, 0.25) is 4.34 Å². The summed E-state index contributed by atoms with van der Waals surface area (Å²) in [5.41, 5.74) is 2.35. The first-order valence-electron chi connectivity index (χ1n) is 6.27. The van der Waals surface area contributed by atoms with E-state index >= 15 is 0 Å². The molecule has 2 rings (SSSR count).